The minimum absolute atomic E-state index is 0.0722. The van der Waals surface area contributed by atoms with E-state index in [4.69, 9.17) is 0 Å². The van der Waals surface area contributed by atoms with E-state index in [9.17, 15) is 26.3 Å². The van der Waals surface area contributed by atoms with Crippen LogP contribution in [0.2, 0.25) is 0 Å². The van der Waals surface area contributed by atoms with Crippen molar-refractivity contribution >= 4 is 10.8 Å². The molecule has 0 amide bonds. The van der Waals surface area contributed by atoms with E-state index in [1.807, 2.05) is 19.1 Å². The number of benzene rings is 3. The highest BCUT2D eigenvalue weighted by molar-refractivity contribution is 5.88. The molecule has 0 aromatic heterocycles. The van der Waals surface area contributed by atoms with Gasteiger partial charge in [0.25, 0.3) is 0 Å². The third-order valence-corrected chi connectivity index (χ3v) is 4.49. The van der Waals surface area contributed by atoms with Crippen molar-refractivity contribution in [3.8, 4) is 11.1 Å². The Morgan fingerprint density at radius 1 is 0.893 bits per heavy atom. The van der Waals surface area contributed by atoms with Crippen molar-refractivity contribution in [3.63, 3.8) is 0 Å². The first-order valence-electron chi connectivity index (χ1n) is 8.61. The molecule has 0 heterocycles. The van der Waals surface area contributed by atoms with Gasteiger partial charge in [-0.3, -0.25) is 0 Å². The van der Waals surface area contributed by atoms with E-state index in [1.165, 1.54) is 18.2 Å². The maximum Gasteiger partial charge on any atom is 0.422 e. The molecular formula is C22H16F6. The molecule has 0 nitrogen and oxygen atoms in total. The fraction of sp³-hybridized carbons (Fsp3) is 0.182. The van der Waals surface area contributed by atoms with Gasteiger partial charge in [0.2, 0.25) is 0 Å². The van der Waals surface area contributed by atoms with Crippen LogP contribution in [0.1, 0.15) is 24.5 Å². The number of allylic oxidation sites excluding steroid dienone is 2. The van der Waals surface area contributed by atoms with E-state index in [-0.39, 0.29) is 16.3 Å². The first-order valence-corrected chi connectivity index (χ1v) is 8.61. The van der Waals surface area contributed by atoms with Crippen LogP contribution in [0.5, 0.6) is 0 Å². The zero-order valence-corrected chi connectivity index (χ0v) is 14.9. The van der Waals surface area contributed by atoms with Crippen molar-refractivity contribution in [3.05, 3.63) is 83.2 Å². The van der Waals surface area contributed by atoms with E-state index in [1.54, 1.807) is 12.1 Å². The molecule has 28 heavy (non-hydrogen) atoms. The molecule has 0 aliphatic carbocycles. The highest BCUT2D eigenvalue weighted by Crippen LogP contribution is 2.38. The first-order chi connectivity index (χ1) is 13.2. The van der Waals surface area contributed by atoms with Gasteiger partial charge >= 0.3 is 6.18 Å². The van der Waals surface area contributed by atoms with E-state index in [0.29, 0.717) is 18.1 Å². The Morgan fingerprint density at radius 2 is 1.64 bits per heavy atom. The molecule has 0 saturated carbocycles. The quantitative estimate of drug-likeness (QED) is 0.318. The van der Waals surface area contributed by atoms with Gasteiger partial charge in [0.05, 0.1) is 0 Å². The second-order valence-corrected chi connectivity index (χ2v) is 6.40. The van der Waals surface area contributed by atoms with Crippen molar-refractivity contribution < 1.29 is 26.3 Å². The summed E-state index contributed by atoms with van der Waals surface area (Å²) in [4.78, 5) is 0. The van der Waals surface area contributed by atoms with E-state index >= 15 is 0 Å². The van der Waals surface area contributed by atoms with E-state index in [2.05, 4.69) is 0 Å². The largest absolute Gasteiger partial charge is 0.422 e. The summed E-state index contributed by atoms with van der Waals surface area (Å²) in [5.41, 5.74) is -0.600. The van der Waals surface area contributed by atoms with Gasteiger partial charge < -0.3 is 0 Å². The van der Waals surface area contributed by atoms with Gasteiger partial charge in [0, 0.05) is 10.9 Å². The Kier molecular flexibility index (Phi) is 5.49. The lowest BCUT2D eigenvalue weighted by Crippen LogP contribution is -2.11. The molecule has 0 aliphatic rings. The topological polar surface area (TPSA) is 0 Å². The number of alkyl halides is 3. The molecule has 0 N–H and O–H groups in total. The minimum atomic E-state index is -5.14. The van der Waals surface area contributed by atoms with Crippen molar-refractivity contribution in [1.29, 1.82) is 0 Å². The van der Waals surface area contributed by atoms with Crippen LogP contribution in [-0.4, -0.2) is 0 Å². The number of hydrogen-bond donors (Lipinski definition) is 0. The van der Waals surface area contributed by atoms with Gasteiger partial charge in [-0.25, -0.2) is 13.2 Å². The summed E-state index contributed by atoms with van der Waals surface area (Å²) in [5.74, 6) is -3.88. The van der Waals surface area contributed by atoms with E-state index < -0.39 is 29.2 Å². The summed E-state index contributed by atoms with van der Waals surface area (Å²) in [6.45, 7) is 1.90. The smallest absolute Gasteiger partial charge is 0.206 e. The standard InChI is InChI=1S/C22H16F6/c1-2-3-4-5-13-6-8-16(18(23)10-13)14-7-9-17-15(11-14)12-19(24)20(21(17)25)22(26,27)28/h2-3,6-12H,4-5H2,1H3/b3-2+. The Hall–Kier alpha value is -2.76. The summed E-state index contributed by atoms with van der Waals surface area (Å²) in [5, 5.41) is -0.446. The maximum atomic E-state index is 14.5. The fourth-order valence-electron chi connectivity index (χ4n) is 3.12. The number of fused-ring (bicyclic) bond motifs is 1. The average Bonchev–Trinajstić information content (AvgIpc) is 2.60. The third kappa shape index (κ3) is 3.91. The van der Waals surface area contributed by atoms with Crippen LogP contribution in [0.4, 0.5) is 26.3 Å². The SMILES string of the molecule is C/C=C/CCc1ccc(-c2ccc3c(F)c(C(F)(F)F)c(F)cc3c2)c(F)c1. The Morgan fingerprint density at radius 3 is 2.29 bits per heavy atom. The molecule has 0 unspecified atom stereocenters. The van der Waals surface area contributed by atoms with Gasteiger partial charge in [-0.05, 0) is 54.5 Å². The van der Waals surface area contributed by atoms with Crippen LogP contribution in [0.3, 0.4) is 0 Å². The fourth-order valence-corrected chi connectivity index (χ4v) is 3.12. The highest BCUT2D eigenvalue weighted by atomic mass is 19.4. The Bertz CT molecular complexity index is 1050. The lowest BCUT2D eigenvalue weighted by atomic mass is 9.97. The van der Waals surface area contributed by atoms with Crippen LogP contribution >= 0.6 is 0 Å². The Labute approximate surface area is 158 Å². The molecule has 3 aromatic carbocycles. The number of hydrogen-bond acceptors (Lipinski definition) is 0. The summed E-state index contributed by atoms with van der Waals surface area (Å²) in [7, 11) is 0. The average molecular weight is 394 g/mol. The predicted octanol–water partition coefficient (Wildman–Crippen LogP) is 7.45. The second kappa shape index (κ2) is 7.70. The molecule has 3 aromatic rings. The number of halogens is 6. The maximum absolute atomic E-state index is 14.5. The van der Waals surface area contributed by atoms with Crippen LogP contribution in [-0.2, 0) is 12.6 Å². The van der Waals surface area contributed by atoms with Crippen LogP contribution in [0.15, 0.2) is 54.6 Å². The van der Waals surface area contributed by atoms with Crippen LogP contribution in [0, 0.1) is 17.5 Å². The van der Waals surface area contributed by atoms with Crippen molar-refractivity contribution in [1.82, 2.24) is 0 Å². The number of rotatable bonds is 4. The molecule has 0 saturated heterocycles. The van der Waals surface area contributed by atoms with Crippen LogP contribution in [0.25, 0.3) is 21.9 Å². The highest BCUT2D eigenvalue weighted by Gasteiger charge is 2.38. The summed E-state index contributed by atoms with van der Waals surface area (Å²) in [6, 6.07) is 9.01. The van der Waals surface area contributed by atoms with Crippen molar-refractivity contribution in [2.75, 3.05) is 0 Å². The van der Waals surface area contributed by atoms with Gasteiger partial charge in [0.1, 0.15) is 23.0 Å². The molecule has 0 atom stereocenters. The first kappa shape index (κ1) is 20.0. The minimum Gasteiger partial charge on any atom is -0.206 e. The van der Waals surface area contributed by atoms with Gasteiger partial charge in [-0.15, -0.1) is 0 Å². The molecule has 146 valence electrons. The van der Waals surface area contributed by atoms with Gasteiger partial charge in [0.15, 0.2) is 0 Å². The molecule has 0 radical (unpaired) electrons. The zero-order chi connectivity index (χ0) is 20.5. The molecule has 0 spiro atoms. The molecule has 3 rings (SSSR count). The third-order valence-electron chi connectivity index (χ3n) is 4.49. The molecule has 0 bridgehead atoms. The molecule has 0 aliphatic heterocycles. The summed E-state index contributed by atoms with van der Waals surface area (Å²) < 4.78 is 81.1. The molecule has 6 heteroatoms. The monoisotopic (exact) mass is 394 g/mol. The van der Waals surface area contributed by atoms with E-state index in [0.717, 1.165) is 18.1 Å². The normalized spacial score (nSPS) is 12.2. The van der Waals surface area contributed by atoms with Crippen molar-refractivity contribution in [2.45, 2.75) is 25.9 Å². The molecular weight excluding hydrogens is 378 g/mol. The Balaban J connectivity index is 2.03. The van der Waals surface area contributed by atoms with Crippen LogP contribution < -0.4 is 0 Å². The number of aryl methyl sites for hydroxylation is 1. The summed E-state index contributed by atoms with van der Waals surface area (Å²) in [6.07, 6.45) is 0.160. The second-order valence-electron chi connectivity index (χ2n) is 6.40. The predicted molar refractivity (Wildman–Crippen MR) is 97.4 cm³/mol. The zero-order valence-electron chi connectivity index (χ0n) is 14.9. The summed E-state index contributed by atoms with van der Waals surface area (Å²) >= 11 is 0. The lowest BCUT2D eigenvalue weighted by Gasteiger charge is -2.13. The molecule has 0 fully saturated rings. The lowest BCUT2D eigenvalue weighted by molar-refractivity contribution is -0.142. The van der Waals surface area contributed by atoms with Gasteiger partial charge in [-0.1, -0.05) is 36.4 Å². The van der Waals surface area contributed by atoms with Gasteiger partial charge in [-0.2, -0.15) is 13.2 Å². The van der Waals surface area contributed by atoms with Crippen molar-refractivity contribution in [2.24, 2.45) is 0 Å².